The van der Waals surface area contributed by atoms with E-state index >= 15 is 0 Å². The number of benzene rings is 1. The predicted molar refractivity (Wildman–Crippen MR) is 88.9 cm³/mol. The summed E-state index contributed by atoms with van der Waals surface area (Å²) in [5.74, 6) is 0. The summed E-state index contributed by atoms with van der Waals surface area (Å²) in [4.78, 5) is 11.8. The molecule has 0 aromatic heterocycles. The number of ether oxygens (including phenoxy) is 1. The molecule has 22 heavy (non-hydrogen) atoms. The summed E-state index contributed by atoms with van der Waals surface area (Å²) in [5.41, 5.74) is 7.66. The van der Waals surface area contributed by atoms with Gasteiger partial charge in [-0.05, 0) is 57.9 Å². The highest BCUT2D eigenvalue weighted by Crippen LogP contribution is 2.20. The van der Waals surface area contributed by atoms with E-state index in [4.69, 9.17) is 5.73 Å². The van der Waals surface area contributed by atoms with Crippen LogP contribution in [0.1, 0.15) is 32.8 Å². The molecular weight excluding hydrogens is 280 g/mol. The summed E-state index contributed by atoms with van der Waals surface area (Å²) in [5, 5.41) is 9.44. The molecule has 3 N–H and O–H groups in total. The van der Waals surface area contributed by atoms with Gasteiger partial charge in [-0.15, -0.1) is 0 Å². The zero-order valence-electron chi connectivity index (χ0n) is 13.8. The third-order valence-electron chi connectivity index (χ3n) is 3.30. The van der Waals surface area contributed by atoms with Gasteiger partial charge in [0.15, 0.2) is 0 Å². The van der Waals surface area contributed by atoms with Crippen LogP contribution in [-0.4, -0.2) is 42.9 Å². The van der Waals surface area contributed by atoms with Crippen LogP contribution in [0, 0.1) is 0 Å². The molecule has 0 radical (unpaired) electrons. The fraction of sp³-hybridized carbons (Fsp3) is 0.588. The largest absolute Gasteiger partial charge is 0.462 e. The smallest absolute Gasteiger partial charge is 0.293 e. The second-order valence-electron chi connectivity index (χ2n) is 6.42. The van der Waals surface area contributed by atoms with Crippen molar-refractivity contribution < 1.29 is 14.6 Å². The molecule has 0 amide bonds. The minimum absolute atomic E-state index is 0.159. The second-order valence-corrected chi connectivity index (χ2v) is 6.42. The number of nitrogens with two attached hydrogens (primary N) is 1. The van der Waals surface area contributed by atoms with Gasteiger partial charge in [-0.2, -0.15) is 0 Å². The Morgan fingerprint density at radius 1 is 1.36 bits per heavy atom. The number of nitrogens with zero attached hydrogens (tertiary/aromatic N) is 1. The first-order valence-corrected chi connectivity index (χ1v) is 7.69. The normalized spacial score (nSPS) is 17.7. The molecule has 1 aliphatic rings. The fourth-order valence-electron chi connectivity index (χ4n) is 2.16. The highest BCUT2D eigenvalue weighted by Gasteiger charge is 2.19. The second kappa shape index (κ2) is 8.76. The average Bonchev–Trinajstić information content (AvgIpc) is 2.86. The van der Waals surface area contributed by atoms with E-state index in [9.17, 15) is 9.90 Å². The van der Waals surface area contributed by atoms with Gasteiger partial charge in [0.1, 0.15) is 5.60 Å². The van der Waals surface area contributed by atoms with E-state index < -0.39 is 0 Å². The minimum atomic E-state index is -0.318. The van der Waals surface area contributed by atoms with Gasteiger partial charge in [-0.3, -0.25) is 4.79 Å². The molecule has 0 saturated carbocycles. The lowest BCUT2D eigenvalue weighted by atomic mass is 10.1. The van der Waals surface area contributed by atoms with Crippen LogP contribution in [-0.2, 0) is 16.0 Å². The molecule has 1 aliphatic heterocycles. The summed E-state index contributed by atoms with van der Waals surface area (Å²) >= 11 is 0. The fourth-order valence-corrected chi connectivity index (χ4v) is 2.16. The van der Waals surface area contributed by atoms with Crippen molar-refractivity contribution in [3.63, 3.8) is 0 Å². The predicted octanol–water partition coefficient (Wildman–Crippen LogP) is 1.72. The third kappa shape index (κ3) is 6.91. The Morgan fingerprint density at radius 2 is 2.00 bits per heavy atom. The van der Waals surface area contributed by atoms with E-state index in [0.29, 0.717) is 13.0 Å². The van der Waals surface area contributed by atoms with Crippen molar-refractivity contribution in [3.05, 3.63) is 29.8 Å². The number of aliphatic hydroxyl groups excluding tert-OH is 1. The van der Waals surface area contributed by atoms with Crippen LogP contribution in [0.2, 0.25) is 0 Å². The van der Waals surface area contributed by atoms with Crippen molar-refractivity contribution in [2.24, 2.45) is 5.73 Å². The van der Waals surface area contributed by atoms with Gasteiger partial charge >= 0.3 is 0 Å². The van der Waals surface area contributed by atoms with Crippen molar-refractivity contribution >= 4 is 12.2 Å². The number of aliphatic hydroxyl groups is 1. The molecule has 5 heteroatoms. The Bertz CT molecular complexity index is 440. The third-order valence-corrected chi connectivity index (χ3v) is 3.30. The average molecular weight is 308 g/mol. The summed E-state index contributed by atoms with van der Waals surface area (Å²) < 4.78 is 4.55. The number of rotatable bonds is 4. The number of carbonyl (C=O) groups excluding carboxylic acids is 1. The van der Waals surface area contributed by atoms with Gasteiger partial charge in [0, 0.05) is 18.8 Å². The van der Waals surface area contributed by atoms with Gasteiger partial charge in [0.2, 0.25) is 0 Å². The van der Waals surface area contributed by atoms with Crippen molar-refractivity contribution in [2.75, 3.05) is 24.5 Å². The number of hydrogen-bond acceptors (Lipinski definition) is 5. The van der Waals surface area contributed by atoms with Crippen LogP contribution in [0.3, 0.4) is 0 Å². The van der Waals surface area contributed by atoms with Crippen molar-refractivity contribution in [1.82, 2.24) is 0 Å². The highest BCUT2D eigenvalue weighted by molar-refractivity contribution is 5.48. The minimum Gasteiger partial charge on any atom is -0.462 e. The maximum Gasteiger partial charge on any atom is 0.293 e. The summed E-state index contributed by atoms with van der Waals surface area (Å²) in [6.07, 6.45) is 1.65. The molecule has 1 unspecified atom stereocenters. The molecule has 0 aliphatic carbocycles. The van der Waals surface area contributed by atoms with Crippen molar-refractivity contribution in [3.8, 4) is 0 Å². The molecule has 1 aromatic rings. The van der Waals surface area contributed by atoms with E-state index in [2.05, 4.69) is 33.9 Å². The topological polar surface area (TPSA) is 75.8 Å². The lowest BCUT2D eigenvalue weighted by molar-refractivity contribution is -0.138. The van der Waals surface area contributed by atoms with Crippen LogP contribution < -0.4 is 10.6 Å². The number of anilines is 1. The van der Waals surface area contributed by atoms with Crippen LogP contribution >= 0.6 is 0 Å². The molecule has 0 spiro atoms. The number of hydrogen-bond donors (Lipinski definition) is 2. The van der Waals surface area contributed by atoms with Crippen LogP contribution in [0.15, 0.2) is 24.3 Å². The van der Waals surface area contributed by atoms with Gasteiger partial charge in [-0.25, -0.2) is 0 Å². The van der Waals surface area contributed by atoms with Crippen LogP contribution in [0.4, 0.5) is 5.69 Å². The van der Waals surface area contributed by atoms with E-state index in [1.54, 1.807) is 0 Å². The Morgan fingerprint density at radius 3 is 2.36 bits per heavy atom. The molecule has 1 saturated heterocycles. The summed E-state index contributed by atoms with van der Waals surface area (Å²) in [6.45, 7) is 8.33. The Kier molecular flexibility index (Phi) is 7.35. The summed E-state index contributed by atoms with van der Waals surface area (Å²) in [7, 11) is 0. The standard InChI is InChI=1S/C12H18N2O.C5H10O2/c13-7-5-10-1-3-11(4-2-10)14-8-6-12(15)9-14;1-5(2,3)7-4-6/h1-4,12,15H,5-9,13H2;4H,1-3H3. The Balaban J connectivity index is 0.000000295. The maximum absolute atomic E-state index is 9.60. The summed E-state index contributed by atoms with van der Waals surface area (Å²) in [6, 6.07) is 8.46. The first-order chi connectivity index (χ1) is 10.4. The molecule has 5 nitrogen and oxygen atoms in total. The van der Waals surface area contributed by atoms with Gasteiger partial charge < -0.3 is 20.5 Å². The number of β-amino-alcohol motifs (C(OH)–C–C–N with tert-alkyl or cyclic N) is 1. The first-order valence-electron chi connectivity index (χ1n) is 7.69. The number of carbonyl (C=O) groups is 1. The van der Waals surface area contributed by atoms with Crippen molar-refractivity contribution in [1.29, 1.82) is 0 Å². The molecule has 1 heterocycles. The molecule has 1 aromatic carbocycles. The Hall–Kier alpha value is -1.59. The van der Waals surface area contributed by atoms with Crippen molar-refractivity contribution in [2.45, 2.75) is 45.3 Å². The quantitative estimate of drug-likeness (QED) is 0.828. The molecule has 124 valence electrons. The van der Waals surface area contributed by atoms with Crippen LogP contribution in [0.5, 0.6) is 0 Å². The molecule has 2 rings (SSSR count). The molecule has 1 fully saturated rings. The molecular formula is C17H28N2O3. The van der Waals surface area contributed by atoms with E-state index in [0.717, 1.165) is 25.9 Å². The highest BCUT2D eigenvalue weighted by atomic mass is 16.5. The molecule has 1 atom stereocenters. The maximum atomic E-state index is 9.60. The van der Waals surface area contributed by atoms with Gasteiger partial charge in [0.05, 0.1) is 6.10 Å². The zero-order valence-corrected chi connectivity index (χ0v) is 13.8. The van der Waals surface area contributed by atoms with Crippen LogP contribution in [0.25, 0.3) is 0 Å². The van der Waals surface area contributed by atoms with E-state index in [1.165, 1.54) is 11.3 Å². The molecule has 0 bridgehead atoms. The van der Waals surface area contributed by atoms with E-state index in [-0.39, 0.29) is 11.7 Å². The Labute approximate surface area is 133 Å². The van der Waals surface area contributed by atoms with Gasteiger partial charge in [0.25, 0.3) is 6.47 Å². The lowest BCUT2D eigenvalue weighted by Gasteiger charge is -2.17. The van der Waals surface area contributed by atoms with Gasteiger partial charge in [-0.1, -0.05) is 12.1 Å². The SMILES string of the molecule is CC(C)(C)OC=O.NCCc1ccc(N2CCC(O)C2)cc1. The van der Waals surface area contributed by atoms with E-state index in [1.807, 2.05) is 20.8 Å². The zero-order chi connectivity index (χ0) is 16.6. The first kappa shape index (κ1) is 18.5. The monoisotopic (exact) mass is 308 g/mol. The lowest BCUT2D eigenvalue weighted by Crippen LogP contribution is -2.20.